The molecule has 0 bridgehead atoms. The molecule has 0 aliphatic carbocycles. The number of nitrogens with one attached hydrogen (secondary N) is 1. The van der Waals surface area contributed by atoms with Crippen molar-refractivity contribution < 1.29 is 30.8 Å². The van der Waals surface area contributed by atoms with Gasteiger partial charge >= 0.3 is 6.18 Å². The predicted octanol–water partition coefficient (Wildman–Crippen LogP) is 3.36. The van der Waals surface area contributed by atoms with Crippen molar-refractivity contribution >= 4 is 15.7 Å². The second kappa shape index (κ2) is 7.90. The Balaban J connectivity index is 1.87. The van der Waals surface area contributed by atoms with Gasteiger partial charge in [-0.3, -0.25) is 4.79 Å². The average Bonchev–Trinajstić information content (AvgIpc) is 3.11. The Bertz CT molecular complexity index is 1190. The molecule has 1 N–H and O–H groups in total. The zero-order valence-electron chi connectivity index (χ0n) is 15.4. The van der Waals surface area contributed by atoms with Crippen LogP contribution in [0.3, 0.4) is 0 Å². The maximum atomic E-state index is 14.0. The van der Waals surface area contributed by atoms with Crippen molar-refractivity contribution in [3.63, 3.8) is 0 Å². The molecular weight excluding hydrogens is 426 g/mol. The van der Waals surface area contributed by atoms with E-state index in [-0.39, 0.29) is 11.4 Å². The zero-order chi connectivity index (χ0) is 22.1. The molecule has 0 atom stereocenters. The number of nitrogens with zero attached hydrogens (tertiary/aromatic N) is 2. The van der Waals surface area contributed by atoms with Crippen LogP contribution >= 0.6 is 0 Å². The van der Waals surface area contributed by atoms with Gasteiger partial charge in [-0.25, -0.2) is 17.5 Å². The predicted molar refractivity (Wildman–Crippen MR) is 99.2 cm³/mol. The molecule has 0 unspecified atom stereocenters. The molecule has 0 radical (unpaired) electrons. The SMILES string of the molecule is CS(=O)(=O)c1ccc(CNC(=O)c2cnn(-c3ccccc3F)c2C(F)(F)F)cc1. The van der Waals surface area contributed by atoms with Crippen LogP contribution in [0.4, 0.5) is 17.6 Å². The molecule has 11 heteroatoms. The van der Waals surface area contributed by atoms with Crippen LogP contribution in [0.25, 0.3) is 5.69 Å². The maximum absolute atomic E-state index is 14.0. The zero-order valence-corrected chi connectivity index (χ0v) is 16.3. The first-order valence-corrected chi connectivity index (χ1v) is 10.3. The van der Waals surface area contributed by atoms with Gasteiger partial charge in [0.25, 0.3) is 5.91 Å². The number of benzene rings is 2. The van der Waals surface area contributed by atoms with E-state index in [1.807, 2.05) is 0 Å². The summed E-state index contributed by atoms with van der Waals surface area (Å²) in [6, 6.07) is 10.3. The molecule has 0 fully saturated rings. The molecule has 3 aromatic rings. The van der Waals surface area contributed by atoms with Crippen LogP contribution < -0.4 is 5.32 Å². The topological polar surface area (TPSA) is 81.1 Å². The molecule has 158 valence electrons. The molecule has 1 amide bonds. The molecule has 1 aromatic heterocycles. The van der Waals surface area contributed by atoms with Gasteiger partial charge in [0.05, 0.1) is 16.7 Å². The highest BCUT2D eigenvalue weighted by molar-refractivity contribution is 7.90. The van der Waals surface area contributed by atoms with E-state index in [0.717, 1.165) is 24.6 Å². The van der Waals surface area contributed by atoms with E-state index in [9.17, 15) is 30.8 Å². The molecule has 0 saturated heterocycles. The smallest absolute Gasteiger partial charge is 0.348 e. The fourth-order valence-corrected chi connectivity index (χ4v) is 3.36. The highest BCUT2D eigenvalue weighted by Gasteiger charge is 2.41. The van der Waals surface area contributed by atoms with Crippen molar-refractivity contribution in [3.8, 4) is 5.69 Å². The minimum absolute atomic E-state index is 0.0723. The van der Waals surface area contributed by atoms with Gasteiger partial charge in [0.2, 0.25) is 0 Å². The fraction of sp³-hybridized carbons (Fsp3) is 0.158. The van der Waals surface area contributed by atoms with E-state index in [2.05, 4.69) is 10.4 Å². The quantitative estimate of drug-likeness (QED) is 0.616. The van der Waals surface area contributed by atoms with Crippen molar-refractivity contribution in [2.75, 3.05) is 6.26 Å². The number of halogens is 4. The lowest BCUT2D eigenvalue weighted by molar-refractivity contribution is -0.143. The van der Waals surface area contributed by atoms with E-state index in [4.69, 9.17) is 0 Å². The van der Waals surface area contributed by atoms with E-state index in [1.54, 1.807) is 0 Å². The van der Waals surface area contributed by atoms with Gasteiger partial charge in [0.15, 0.2) is 15.5 Å². The lowest BCUT2D eigenvalue weighted by atomic mass is 10.2. The third-order valence-electron chi connectivity index (χ3n) is 4.17. The first-order valence-electron chi connectivity index (χ1n) is 8.46. The molecule has 0 aliphatic heterocycles. The molecule has 2 aromatic carbocycles. The first kappa shape index (κ1) is 21.5. The van der Waals surface area contributed by atoms with Crippen molar-refractivity contribution in [2.45, 2.75) is 17.6 Å². The van der Waals surface area contributed by atoms with Crippen molar-refractivity contribution in [2.24, 2.45) is 0 Å². The number of alkyl halides is 3. The standard InChI is InChI=1S/C19H15F4N3O3S/c1-30(28,29)13-8-6-12(7-9-13)10-24-18(27)14-11-25-26(17(14)19(21,22)23)16-5-3-2-4-15(16)20/h2-9,11H,10H2,1H3,(H,24,27). The maximum Gasteiger partial charge on any atom is 0.434 e. The van der Waals surface area contributed by atoms with Crippen molar-refractivity contribution in [1.29, 1.82) is 0 Å². The van der Waals surface area contributed by atoms with E-state index < -0.39 is 44.7 Å². The number of sulfone groups is 1. The number of aromatic nitrogens is 2. The number of para-hydroxylation sites is 1. The van der Waals surface area contributed by atoms with Gasteiger partial charge in [-0.2, -0.15) is 18.3 Å². The molecule has 0 aliphatic rings. The Kier molecular flexibility index (Phi) is 5.66. The van der Waals surface area contributed by atoms with Crippen LogP contribution in [-0.2, 0) is 22.6 Å². The molecular formula is C19H15F4N3O3S. The summed E-state index contributed by atoms with van der Waals surface area (Å²) in [5.74, 6) is -1.99. The van der Waals surface area contributed by atoms with Crippen LogP contribution in [0.15, 0.2) is 59.6 Å². The lowest BCUT2D eigenvalue weighted by Crippen LogP contribution is -2.26. The molecule has 1 heterocycles. The summed E-state index contributed by atoms with van der Waals surface area (Å²) in [5.41, 5.74) is -2.14. The van der Waals surface area contributed by atoms with Crippen LogP contribution in [-0.4, -0.2) is 30.4 Å². The molecule has 3 rings (SSSR count). The Morgan fingerprint density at radius 3 is 2.30 bits per heavy atom. The summed E-state index contributed by atoms with van der Waals surface area (Å²) in [4.78, 5) is 12.5. The number of carbonyl (C=O) groups is 1. The average molecular weight is 441 g/mol. The first-order chi connectivity index (χ1) is 14.0. The minimum atomic E-state index is -4.97. The van der Waals surface area contributed by atoms with Crippen molar-refractivity contribution in [3.05, 3.63) is 77.4 Å². The van der Waals surface area contributed by atoms with Crippen LogP contribution in [0.5, 0.6) is 0 Å². The Labute approximate surface area is 169 Å². The third kappa shape index (κ3) is 4.51. The summed E-state index contributed by atoms with van der Waals surface area (Å²) in [6.07, 6.45) is -3.21. The minimum Gasteiger partial charge on any atom is -0.348 e. The monoisotopic (exact) mass is 441 g/mol. The van der Waals surface area contributed by atoms with Gasteiger partial charge in [-0.05, 0) is 29.8 Å². The van der Waals surface area contributed by atoms with E-state index >= 15 is 0 Å². The third-order valence-corrected chi connectivity index (χ3v) is 5.30. The summed E-state index contributed by atoms with van der Waals surface area (Å²) in [5, 5.41) is 5.89. The Morgan fingerprint density at radius 2 is 1.73 bits per heavy atom. The normalized spacial score (nSPS) is 12.0. The van der Waals surface area contributed by atoms with Gasteiger partial charge in [0.1, 0.15) is 11.5 Å². The summed E-state index contributed by atoms with van der Waals surface area (Å²) in [6.45, 7) is -0.148. The van der Waals surface area contributed by atoms with Gasteiger partial charge in [-0.15, -0.1) is 0 Å². The molecule has 0 saturated carbocycles. The number of hydrogen-bond donors (Lipinski definition) is 1. The Hall–Kier alpha value is -3.21. The molecule has 30 heavy (non-hydrogen) atoms. The second-order valence-corrected chi connectivity index (χ2v) is 8.38. The van der Waals surface area contributed by atoms with Crippen LogP contribution in [0, 0.1) is 5.82 Å². The van der Waals surface area contributed by atoms with Gasteiger partial charge in [0, 0.05) is 12.8 Å². The van der Waals surface area contributed by atoms with Gasteiger partial charge < -0.3 is 5.32 Å². The van der Waals surface area contributed by atoms with Crippen LogP contribution in [0.2, 0.25) is 0 Å². The van der Waals surface area contributed by atoms with Gasteiger partial charge in [-0.1, -0.05) is 24.3 Å². The number of rotatable bonds is 5. The van der Waals surface area contributed by atoms with Crippen molar-refractivity contribution in [1.82, 2.24) is 15.1 Å². The molecule has 0 spiro atoms. The summed E-state index contributed by atoms with van der Waals surface area (Å²) in [7, 11) is -3.40. The number of amides is 1. The highest BCUT2D eigenvalue weighted by Crippen LogP contribution is 2.34. The number of hydrogen-bond acceptors (Lipinski definition) is 4. The van der Waals surface area contributed by atoms with E-state index in [1.165, 1.54) is 36.4 Å². The largest absolute Gasteiger partial charge is 0.434 e. The molecule has 6 nitrogen and oxygen atoms in total. The summed E-state index contributed by atoms with van der Waals surface area (Å²) >= 11 is 0. The lowest BCUT2D eigenvalue weighted by Gasteiger charge is -2.13. The number of carbonyl (C=O) groups excluding carboxylic acids is 1. The summed E-state index contributed by atoms with van der Waals surface area (Å²) < 4.78 is 78.1. The van der Waals surface area contributed by atoms with E-state index in [0.29, 0.717) is 10.2 Å². The second-order valence-electron chi connectivity index (χ2n) is 6.37. The fourth-order valence-electron chi connectivity index (χ4n) is 2.73. The Morgan fingerprint density at radius 1 is 1.10 bits per heavy atom. The van der Waals surface area contributed by atoms with Crippen LogP contribution in [0.1, 0.15) is 21.6 Å². The highest BCUT2D eigenvalue weighted by atomic mass is 32.2.